The molecule has 7 saturated carbocycles. The number of aliphatic hydroxyl groups excluding tert-OH is 1. The standard InChI is InChI=1S/C40H46O6.3C10H12O2.2C10H16.3C9H10O2.2C3H8.4C2H6/c1-39(2,29-7-15-34(16-8-29)42-23-28-5-6-28)30-9-17-35(18-10-30)43-24-33(41)25-44-36-19-11-31(12-20-36)40(3,4)32-13-21-37(22-14-32)45-26-38-27-46-38;3*1-8-4-2-3-5-10(8)12-7-9-6-11-9;2*1-2-9-7-4-5-8(6-7)10(9)3-1;3*1-2-4-8(5-3-1)10-6-9-7-11-9;2*1-3-2;4*1-2/h7-22,28,33,38,41H,5-6,23-27H2,1-4H3;3*2-5,9H,6-7H2,1H3;2*7-10H,1-6H2;3*1-5,9H,6-7H2;2*3H2,1-2H3;4*1-2H3. The maximum Gasteiger partial charge on any atom is 0.122 e. The highest BCUT2D eigenvalue weighted by molar-refractivity contribution is 5.44. The van der Waals surface area contributed by atoms with Crippen molar-refractivity contribution in [2.75, 3.05) is 112 Å². The molecule has 24 rings (SSSR count). The van der Waals surface area contributed by atoms with Crippen molar-refractivity contribution in [3.05, 3.63) is 300 Å². The van der Waals surface area contributed by atoms with Gasteiger partial charge in [-0.25, -0.2) is 0 Å². The number of benzene rings is 10. The summed E-state index contributed by atoms with van der Waals surface area (Å²) in [5.74, 6) is 19.2. The van der Waals surface area contributed by atoms with Crippen molar-refractivity contribution in [2.24, 2.45) is 53.3 Å². The van der Waals surface area contributed by atoms with E-state index in [0.29, 0.717) is 94.4 Å². The molecule has 0 aromatic heterocycles. The van der Waals surface area contributed by atoms with Gasteiger partial charge in [-0.15, -0.1) is 0 Å². The predicted molar refractivity (Wildman–Crippen MR) is 605 cm³/mol. The Labute approximate surface area is 897 Å². The minimum Gasteiger partial charge on any atom is -0.493 e. The van der Waals surface area contributed by atoms with Crippen LogP contribution >= 0.6 is 0 Å². The Balaban J connectivity index is 0.000000182. The summed E-state index contributed by atoms with van der Waals surface area (Å²) >= 11 is 0. The van der Waals surface area contributed by atoms with E-state index in [2.05, 4.69) is 116 Å². The summed E-state index contributed by atoms with van der Waals surface area (Å²) in [5.41, 5.74) is 7.96. The topological polar surface area (TPSA) is 200 Å². The smallest absolute Gasteiger partial charge is 0.122 e. The molecule has 16 atom stereocenters. The zero-order valence-electron chi connectivity index (χ0n) is 93.9. The van der Waals surface area contributed by atoms with Crippen LogP contribution in [0.15, 0.2) is 261 Å². The van der Waals surface area contributed by atoms with Crippen LogP contribution < -0.4 is 47.4 Å². The second-order valence-electron chi connectivity index (χ2n) is 41.1. The lowest BCUT2D eigenvalue weighted by Gasteiger charge is -2.27. The lowest BCUT2D eigenvalue weighted by atomic mass is 9.78. The first kappa shape index (κ1) is 121. The summed E-state index contributed by atoms with van der Waals surface area (Å²) in [4.78, 5) is 0. The maximum atomic E-state index is 10.5. The molecule has 0 amide bonds. The normalized spacial score (nSPS) is 23.0. The number of ether oxygens (including phenoxy) is 17. The van der Waals surface area contributed by atoms with Crippen LogP contribution in [-0.4, -0.2) is 166 Å². The van der Waals surface area contributed by atoms with Crippen LogP contribution in [0.4, 0.5) is 0 Å². The molecule has 16 unspecified atom stereocenters. The van der Waals surface area contributed by atoms with E-state index in [1.54, 1.807) is 77.0 Å². The Morgan fingerprint density at radius 1 is 0.248 bits per heavy atom. The van der Waals surface area contributed by atoms with Gasteiger partial charge in [0.15, 0.2) is 0 Å². The van der Waals surface area contributed by atoms with Crippen LogP contribution in [0.2, 0.25) is 0 Å². The fraction of sp³-hybridized carbons (Fsp3) is 0.542. The van der Waals surface area contributed by atoms with E-state index in [4.69, 9.17) is 80.5 Å². The van der Waals surface area contributed by atoms with Gasteiger partial charge in [0.2, 0.25) is 0 Å². The quantitative estimate of drug-likeness (QED) is 0.0373. The van der Waals surface area contributed by atoms with Gasteiger partial charge in [0.1, 0.15) is 166 Å². The van der Waals surface area contributed by atoms with Gasteiger partial charge in [-0.1, -0.05) is 294 Å². The summed E-state index contributed by atoms with van der Waals surface area (Å²) in [6, 6.07) is 86.3. The molecule has 7 saturated heterocycles. The number of hydrogen-bond acceptors (Lipinski definition) is 18. The minimum absolute atomic E-state index is 0.140. The number of para-hydroxylation sites is 6. The Bertz CT molecular complexity index is 4680. The van der Waals surface area contributed by atoms with Crippen molar-refractivity contribution in [1.82, 2.24) is 0 Å². The molecule has 10 aromatic carbocycles. The van der Waals surface area contributed by atoms with Gasteiger partial charge in [-0.05, 0) is 293 Å². The zero-order valence-corrected chi connectivity index (χ0v) is 93.9. The molecular formula is C131H184O18. The highest BCUT2D eigenvalue weighted by Gasteiger charge is 2.50. The lowest BCUT2D eigenvalue weighted by molar-refractivity contribution is 0.0626. The fourth-order valence-corrected chi connectivity index (χ4v) is 19.3. The molecule has 18 heteroatoms. The number of aliphatic hydroxyl groups is 1. The molecule has 18 nitrogen and oxygen atoms in total. The highest BCUT2D eigenvalue weighted by atomic mass is 16.6. The minimum atomic E-state index is -0.764. The molecule has 10 aromatic rings. The van der Waals surface area contributed by atoms with Gasteiger partial charge in [0, 0.05) is 10.8 Å². The molecule has 816 valence electrons. The van der Waals surface area contributed by atoms with Crippen molar-refractivity contribution in [3.8, 4) is 57.5 Å². The molecule has 7 aliphatic carbocycles. The molecule has 1 N–H and O–H groups in total. The maximum absolute atomic E-state index is 10.5. The average Bonchev–Trinajstić information content (AvgIpc) is 1.62. The van der Waals surface area contributed by atoms with Crippen molar-refractivity contribution >= 4 is 0 Å². The summed E-state index contributed by atoms with van der Waals surface area (Å²) in [7, 11) is 0. The second kappa shape index (κ2) is 66.6. The Morgan fingerprint density at radius 3 is 0.658 bits per heavy atom. The van der Waals surface area contributed by atoms with E-state index in [0.717, 1.165) is 105 Å². The van der Waals surface area contributed by atoms with Crippen LogP contribution in [0.25, 0.3) is 0 Å². The van der Waals surface area contributed by atoms with Crippen LogP contribution in [0, 0.1) is 74.0 Å². The molecule has 0 spiro atoms. The first-order valence-electron chi connectivity index (χ1n) is 56.8. The van der Waals surface area contributed by atoms with E-state index < -0.39 is 6.10 Å². The van der Waals surface area contributed by atoms with Gasteiger partial charge in [0.25, 0.3) is 0 Å². The summed E-state index contributed by atoms with van der Waals surface area (Å²) in [6.07, 6.45) is 25.7. The third kappa shape index (κ3) is 44.6. The summed E-state index contributed by atoms with van der Waals surface area (Å²) < 4.78 is 91.6. The highest BCUT2D eigenvalue weighted by Crippen LogP contribution is 2.60. The number of epoxide rings is 7. The van der Waals surface area contributed by atoms with Gasteiger partial charge in [0.05, 0.1) is 52.9 Å². The molecule has 4 bridgehead atoms. The zero-order chi connectivity index (χ0) is 106. The summed E-state index contributed by atoms with van der Waals surface area (Å²) in [6.45, 7) is 51.2. The van der Waals surface area contributed by atoms with Crippen molar-refractivity contribution < 1.29 is 85.6 Å². The SMILES string of the molecule is C1CC2C3CCC(C3)C2C1.C1CC2C3CCC(C3)C2C1.CC.CC.CC.CC.CC(C)(c1ccc(OCC(O)COc2ccc(C(C)(C)c3ccc(OCC4CO4)cc3)cc2)cc1)c1ccc(OCC2CC2)cc1.CCC.CCC.Cc1ccccc1OCC1CO1.Cc1ccccc1OCC1CO1.Cc1ccccc1OCC1CO1.c1ccc(OCC2CO2)cc1.c1ccc(OCC2CO2)cc1.c1ccc(OCC2CO2)cc1. The third-order valence-corrected chi connectivity index (χ3v) is 28.4. The largest absolute Gasteiger partial charge is 0.493 e. The van der Waals surface area contributed by atoms with Crippen LogP contribution in [0.3, 0.4) is 0 Å². The predicted octanol–water partition coefficient (Wildman–Crippen LogP) is 30.0. The van der Waals surface area contributed by atoms with E-state index in [-0.39, 0.29) is 30.1 Å². The fourth-order valence-electron chi connectivity index (χ4n) is 19.3. The van der Waals surface area contributed by atoms with Crippen LogP contribution in [0.5, 0.6) is 57.5 Å². The first-order valence-corrected chi connectivity index (χ1v) is 56.8. The summed E-state index contributed by atoms with van der Waals surface area (Å²) in [5, 5.41) is 10.5. The molecule has 149 heavy (non-hydrogen) atoms. The monoisotopic (exact) mass is 2050 g/mol. The van der Waals surface area contributed by atoms with E-state index in [9.17, 15) is 5.11 Å². The van der Waals surface area contributed by atoms with E-state index in [1.165, 1.54) is 112 Å². The molecule has 0 radical (unpaired) electrons. The Morgan fingerprint density at radius 2 is 0.443 bits per heavy atom. The van der Waals surface area contributed by atoms with Crippen LogP contribution in [-0.2, 0) is 44.0 Å². The number of fused-ring (bicyclic) bond motifs is 10. The Hall–Kier alpha value is -10.1. The van der Waals surface area contributed by atoms with Gasteiger partial charge < -0.3 is 85.6 Å². The van der Waals surface area contributed by atoms with Crippen molar-refractivity contribution in [3.63, 3.8) is 0 Å². The number of hydrogen-bond donors (Lipinski definition) is 1. The Kier molecular flexibility index (Phi) is 54.0. The first-order chi connectivity index (χ1) is 72.8. The second-order valence-corrected chi connectivity index (χ2v) is 41.1. The molecule has 7 aliphatic heterocycles. The number of aryl methyl sites for hydroxylation is 3. The van der Waals surface area contributed by atoms with Crippen molar-refractivity contribution in [2.45, 2.75) is 294 Å². The molecule has 7 heterocycles. The van der Waals surface area contributed by atoms with Gasteiger partial charge in [-0.3, -0.25) is 0 Å². The average molecular weight is 2050 g/mol. The van der Waals surface area contributed by atoms with E-state index >= 15 is 0 Å². The van der Waals surface area contributed by atoms with Crippen molar-refractivity contribution in [1.29, 1.82) is 0 Å². The molecule has 14 aliphatic rings. The molecule has 14 fully saturated rings. The lowest BCUT2D eigenvalue weighted by Crippen LogP contribution is -2.25. The van der Waals surface area contributed by atoms with Gasteiger partial charge in [-0.2, -0.15) is 0 Å². The van der Waals surface area contributed by atoms with E-state index in [1.807, 2.05) is 276 Å². The van der Waals surface area contributed by atoms with Gasteiger partial charge >= 0.3 is 0 Å². The molecular weight excluding hydrogens is 1860 g/mol. The number of rotatable bonds is 34. The third-order valence-electron chi connectivity index (χ3n) is 28.4. The van der Waals surface area contributed by atoms with Crippen LogP contribution in [0.1, 0.15) is 252 Å².